The molecule has 0 spiro atoms. The van der Waals surface area contributed by atoms with Crippen molar-refractivity contribution in [3.05, 3.63) is 0 Å². The van der Waals surface area contributed by atoms with Gasteiger partial charge in [-0.15, -0.1) is 0 Å². The van der Waals surface area contributed by atoms with Crippen LogP contribution in [0.15, 0.2) is 0 Å². The molecule has 1 N–H and O–H groups in total. The van der Waals surface area contributed by atoms with E-state index in [0.717, 1.165) is 13.0 Å². The lowest BCUT2D eigenvalue weighted by atomic mass is 10.0. The lowest BCUT2D eigenvalue weighted by Gasteiger charge is -2.17. The number of amides is 1. The predicted octanol–water partition coefficient (Wildman–Crippen LogP) is 1.45. The van der Waals surface area contributed by atoms with E-state index in [2.05, 4.69) is 5.32 Å². The molecule has 0 saturated carbocycles. The first kappa shape index (κ1) is 16.1. The van der Waals surface area contributed by atoms with Crippen molar-refractivity contribution >= 4 is 11.7 Å². The van der Waals surface area contributed by atoms with E-state index in [4.69, 9.17) is 0 Å². The van der Waals surface area contributed by atoms with Gasteiger partial charge in [0, 0.05) is 18.4 Å². The number of hydrogen-bond acceptors (Lipinski definition) is 3. The summed E-state index contributed by atoms with van der Waals surface area (Å²) in [5.41, 5.74) is 0. The minimum Gasteiger partial charge on any atom is -0.353 e. The Morgan fingerprint density at radius 1 is 1.18 bits per heavy atom. The summed E-state index contributed by atoms with van der Waals surface area (Å²) >= 11 is 0. The van der Waals surface area contributed by atoms with Gasteiger partial charge in [0.1, 0.15) is 5.78 Å². The Kier molecular flexibility index (Phi) is 7.79. The zero-order valence-corrected chi connectivity index (χ0v) is 11.7. The molecule has 0 aromatic carbocycles. The third-order valence-corrected chi connectivity index (χ3v) is 2.47. The molecule has 100 valence electrons. The second-order valence-electron chi connectivity index (χ2n) is 5.18. The Morgan fingerprint density at radius 3 is 2.24 bits per heavy atom. The molecule has 0 saturated heterocycles. The van der Waals surface area contributed by atoms with E-state index in [-0.39, 0.29) is 17.9 Å². The van der Waals surface area contributed by atoms with Gasteiger partial charge in [-0.25, -0.2) is 0 Å². The van der Waals surface area contributed by atoms with Crippen molar-refractivity contribution in [2.75, 3.05) is 20.1 Å². The summed E-state index contributed by atoms with van der Waals surface area (Å²) in [6.45, 7) is 8.90. The molecule has 0 aromatic heterocycles. The largest absolute Gasteiger partial charge is 0.353 e. The molecule has 0 aromatic rings. The fourth-order valence-electron chi connectivity index (χ4n) is 1.50. The molecule has 0 aliphatic heterocycles. The number of carbonyl (C=O) groups excluding carboxylic acids is 2. The molecule has 0 unspecified atom stereocenters. The van der Waals surface area contributed by atoms with Gasteiger partial charge in [0.05, 0.1) is 6.54 Å². The SMILES string of the molecule is CC(C)NC(=O)CN(C)CCCC(=O)C(C)C. The van der Waals surface area contributed by atoms with Crippen molar-refractivity contribution in [2.24, 2.45) is 5.92 Å². The minimum atomic E-state index is 0.0395. The van der Waals surface area contributed by atoms with E-state index < -0.39 is 0 Å². The molecular weight excluding hydrogens is 216 g/mol. The molecule has 0 bridgehead atoms. The summed E-state index contributed by atoms with van der Waals surface area (Å²) in [6, 6.07) is 0.179. The number of ketones is 1. The van der Waals surface area contributed by atoms with Gasteiger partial charge in [0.25, 0.3) is 0 Å². The molecule has 1 amide bonds. The van der Waals surface area contributed by atoms with Crippen LogP contribution in [0.1, 0.15) is 40.5 Å². The molecule has 4 heteroatoms. The smallest absolute Gasteiger partial charge is 0.234 e. The molecule has 0 heterocycles. The van der Waals surface area contributed by atoms with Crippen molar-refractivity contribution in [3.8, 4) is 0 Å². The first-order valence-electron chi connectivity index (χ1n) is 6.33. The third kappa shape index (κ3) is 8.86. The van der Waals surface area contributed by atoms with Gasteiger partial charge in [-0.3, -0.25) is 14.5 Å². The Bertz CT molecular complexity index is 250. The van der Waals surface area contributed by atoms with E-state index >= 15 is 0 Å². The highest BCUT2D eigenvalue weighted by Gasteiger charge is 2.10. The zero-order valence-electron chi connectivity index (χ0n) is 11.7. The number of likely N-dealkylation sites (N-methyl/N-ethyl adjacent to an activating group) is 1. The van der Waals surface area contributed by atoms with Crippen LogP contribution in [-0.4, -0.2) is 42.8 Å². The van der Waals surface area contributed by atoms with Gasteiger partial charge in [-0.1, -0.05) is 13.8 Å². The summed E-state index contributed by atoms with van der Waals surface area (Å²) in [7, 11) is 1.90. The standard InChI is InChI=1S/C13H26N2O2/c1-10(2)12(16)7-6-8-15(5)9-13(17)14-11(3)4/h10-11H,6-9H2,1-5H3,(H,14,17). The number of Topliss-reactive ketones (excluding diaryl/α,β-unsaturated/α-hetero) is 1. The lowest BCUT2D eigenvalue weighted by Crippen LogP contribution is -2.38. The van der Waals surface area contributed by atoms with Crippen LogP contribution < -0.4 is 5.32 Å². The topological polar surface area (TPSA) is 49.4 Å². The second-order valence-corrected chi connectivity index (χ2v) is 5.18. The average Bonchev–Trinajstić information content (AvgIpc) is 2.15. The molecule has 17 heavy (non-hydrogen) atoms. The first-order chi connectivity index (χ1) is 7.82. The van der Waals surface area contributed by atoms with E-state index in [9.17, 15) is 9.59 Å². The fourth-order valence-corrected chi connectivity index (χ4v) is 1.50. The second kappa shape index (κ2) is 8.23. The molecule has 0 rings (SSSR count). The Labute approximate surface area is 105 Å². The van der Waals surface area contributed by atoms with Crippen molar-refractivity contribution in [3.63, 3.8) is 0 Å². The zero-order chi connectivity index (χ0) is 13.4. The van der Waals surface area contributed by atoms with Crippen LogP contribution in [0.25, 0.3) is 0 Å². The molecule has 0 aliphatic carbocycles. The van der Waals surface area contributed by atoms with Crippen molar-refractivity contribution in [1.29, 1.82) is 0 Å². The molecule has 0 atom stereocenters. The van der Waals surface area contributed by atoms with Crippen LogP contribution in [0, 0.1) is 5.92 Å². The van der Waals surface area contributed by atoms with Crippen molar-refractivity contribution in [1.82, 2.24) is 10.2 Å². The van der Waals surface area contributed by atoms with Gasteiger partial charge >= 0.3 is 0 Å². The maximum absolute atomic E-state index is 11.4. The normalized spacial score (nSPS) is 11.3. The van der Waals surface area contributed by atoms with Crippen LogP contribution in [0.5, 0.6) is 0 Å². The molecule has 0 fully saturated rings. The Hall–Kier alpha value is -0.900. The van der Waals surface area contributed by atoms with Crippen LogP contribution in [0.4, 0.5) is 0 Å². The highest BCUT2D eigenvalue weighted by Crippen LogP contribution is 2.02. The van der Waals surface area contributed by atoms with Crippen LogP contribution >= 0.6 is 0 Å². The number of nitrogens with one attached hydrogen (secondary N) is 1. The highest BCUT2D eigenvalue weighted by atomic mass is 16.2. The third-order valence-electron chi connectivity index (χ3n) is 2.47. The van der Waals surface area contributed by atoms with Gasteiger partial charge < -0.3 is 5.32 Å². The Morgan fingerprint density at radius 2 is 1.76 bits per heavy atom. The monoisotopic (exact) mass is 242 g/mol. The maximum Gasteiger partial charge on any atom is 0.234 e. The highest BCUT2D eigenvalue weighted by molar-refractivity contribution is 5.80. The summed E-state index contributed by atoms with van der Waals surface area (Å²) < 4.78 is 0. The van der Waals surface area contributed by atoms with E-state index in [1.54, 1.807) is 0 Å². The lowest BCUT2D eigenvalue weighted by molar-refractivity contribution is -0.122. The average molecular weight is 242 g/mol. The van der Waals surface area contributed by atoms with Crippen molar-refractivity contribution in [2.45, 2.75) is 46.6 Å². The molecule has 4 nitrogen and oxygen atoms in total. The maximum atomic E-state index is 11.4. The van der Waals surface area contributed by atoms with Crippen LogP contribution in [0.3, 0.4) is 0 Å². The van der Waals surface area contributed by atoms with Crippen molar-refractivity contribution < 1.29 is 9.59 Å². The van der Waals surface area contributed by atoms with E-state index in [0.29, 0.717) is 18.7 Å². The summed E-state index contributed by atoms with van der Waals surface area (Å²) in [5.74, 6) is 0.451. The summed E-state index contributed by atoms with van der Waals surface area (Å²) in [5, 5.41) is 2.84. The Balaban J connectivity index is 3.69. The molecular formula is C13H26N2O2. The van der Waals surface area contributed by atoms with Gasteiger partial charge in [-0.05, 0) is 33.9 Å². The summed E-state index contributed by atoms with van der Waals surface area (Å²) in [6.07, 6.45) is 1.43. The predicted molar refractivity (Wildman–Crippen MR) is 69.9 cm³/mol. The van der Waals surface area contributed by atoms with E-state index in [1.807, 2.05) is 39.6 Å². The number of rotatable bonds is 8. The van der Waals surface area contributed by atoms with Gasteiger partial charge in [0.2, 0.25) is 5.91 Å². The minimum absolute atomic E-state index is 0.0395. The van der Waals surface area contributed by atoms with Crippen LogP contribution in [0.2, 0.25) is 0 Å². The number of carbonyl (C=O) groups is 2. The molecule has 0 aliphatic rings. The van der Waals surface area contributed by atoms with Gasteiger partial charge in [-0.2, -0.15) is 0 Å². The fraction of sp³-hybridized carbons (Fsp3) is 0.846. The molecule has 0 radical (unpaired) electrons. The quantitative estimate of drug-likeness (QED) is 0.701. The number of hydrogen-bond donors (Lipinski definition) is 1. The van der Waals surface area contributed by atoms with Crippen LogP contribution in [-0.2, 0) is 9.59 Å². The number of nitrogens with zero attached hydrogens (tertiary/aromatic N) is 1. The van der Waals surface area contributed by atoms with E-state index in [1.165, 1.54) is 0 Å². The summed E-state index contributed by atoms with van der Waals surface area (Å²) in [4.78, 5) is 24.8. The first-order valence-corrected chi connectivity index (χ1v) is 6.33. The van der Waals surface area contributed by atoms with Gasteiger partial charge in [0.15, 0.2) is 0 Å².